The number of hydrogen-bond acceptors (Lipinski definition) is 4. The van der Waals surface area contributed by atoms with Crippen molar-refractivity contribution in [3.63, 3.8) is 0 Å². The van der Waals surface area contributed by atoms with Crippen LogP contribution in [0.2, 0.25) is 5.02 Å². The number of nitrogens with zero attached hydrogens (tertiary/aromatic N) is 1. The molecule has 0 N–H and O–H groups in total. The minimum absolute atomic E-state index is 0.348. The van der Waals surface area contributed by atoms with E-state index in [0.29, 0.717) is 11.6 Å². The van der Waals surface area contributed by atoms with E-state index in [9.17, 15) is 4.79 Å². The van der Waals surface area contributed by atoms with Crippen molar-refractivity contribution in [1.82, 2.24) is 0 Å². The van der Waals surface area contributed by atoms with E-state index in [1.807, 2.05) is 18.2 Å². The predicted molar refractivity (Wildman–Crippen MR) is 98.0 cm³/mol. The first-order chi connectivity index (χ1) is 11.6. The van der Waals surface area contributed by atoms with Crippen molar-refractivity contribution in [2.45, 2.75) is 33.1 Å². The molecule has 0 unspecified atom stereocenters. The monoisotopic (exact) mass is 347 g/mol. The van der Waals surface area contributed by atoms with E-state index in [1.54, 1.807) is 20.1 Å². The van der Waals surface area contributed by atoms with E-state index in [2.05, 4.69) is 12.1 Å². The molecule has 0 aromatic heterocycles. The summed E-state index contributed by atoms with van der Waals surface area (Å²) < 4.78 is 4.95. The van der Waals surface area contributed by atoms with Gasteiger partial charge in [0.05, 0.1) is 12.3 Å². The van der Waals surface area contributed by atoms with Gasteiger partial charge in [-0.25, -0.2) is 4.79 Å². The van der Waals surface area contributed by atoms with Crippen LogP contribution in [0.1, 0.15) is 44.2 Å². The number of halogens is 1. The summed E-state index contributed by atoms with van der Waals surface area (Å²) in [6.07, 6.45) is 6.02. The van der Waals surface area contributed by atoms with Gasteiger partial charge in [-0.05, 0) is 50.8 Å². The summed E-state index contributed by atoms with van der Waals surface area (Å²) in [7, 11) is 1.54. The van der Waals surface area contributed by atoms with E-state index in [0.717, 1.165) is 41.7 Å². The van der Waals surface area contributed by atoms with Crippen molar-refractivity contribution in [3.8, 4) is 0 Å². The van der Waals surface area contributed by atoms with E-state index in [-0.39, 0.29) is 5.97 Å². The third-order valence-corrected chi connectivity index (χ3v) is 4.18. The molecule has 0 aliphatic heterocycles. The van der Waals surface area contributed by atoms with Crippen LogP contribution in [-0.4, -0.2) is 25.4 Å². The molecule has 0 spiro atoms. The molecule has 128 valence electrons. The summed E-state index contributed by atoms with van der Waals surface area (Å²) in [5.74, 6) is -0.372. The van der Waals surface area contributed by atoms with Gasteiger partial charge in [0.2, 0.25) is 0 Å². The summed E-state index contributed by atoms with van der Waals surface area (Å²) in [5, 5.41) is 4.81. The fourth-order valence-electron chi connectivity index (χ4n) is 2.87. The van der Waals surface area contributed by atoms with Gasteiger partial charge < -0.3 is 9.57 Å². The molecule has 5 heteroatoms. The highest BCUT2D eigenvalue weighted by molar-refractivity contribution is 6.36. The molecule has 24 heavy (non-hydrogen) atoms. The average Bonchev–Trinajstić information content (AvgIpc) is 2.55. The molecule has 0 saturated carbocycles. The molecule has 1 aliphatic carbocycles. The second kappa shape index (κ2) is 8.69. The number of allylic oxidation sites excluding steroid dienone is 2. The lowest BCUT2D eigenvalue weighted by atomic mass is 9.84. The number of hydrogen-bond donors (Lipinski definition) is 0. The smallest absolute Gasteiger partial charge is 0.330 e. The SMILES string of the molecule is CCOC(=O)/C=C/c1cccc(Cl)c1C1=C(C)CCC/C1=N\OC. The van der Waals surface area contributed by atoms with Crippen LogP contribution in [0.15, 0.2) is 35.0 Å². The molecule has 0 radical (unpaired) electrons. The fourth-order valence-corrected chi connectivity index (χ4v) is 3.14. The Balaban J connectivity index is 2.53. The first kappa shape index (κ1) is 18.3. The molecule has 1 aliphatic rings. The van der Waals surface area contributed by atoms with E-state index in [4.69, 9.17) is 21.2 Å². The van der Waals surface area contributed by atoms with Gasteiger partial charge in [0.15, 0.2) is 0 Å². The number of ether oxygens (including phenoxy) is 1. The third-order valence-electron chi connectivity index (χ3n) is 3.86. The molecule has 0 saturated heterocycles. The maximum absolute atomic E-state index is 11.6. The average molecular weight is 348 g/mol. The highest BCUT2D eigenvalue weighted by atomic mass is 35.5. The Bertz CT molecular complexity index is 705. The van der Waals surface area contributed by atoms with Crippen molar-refractivity contribution < 1.29 is 14.4 Å². The largest absolute Gasteiger partial charge is 0.463 e. The van der Waals surface area contributed by atoms with Crippen LogP contribution >= 0.6 is 11.6 Å². The van der Waals surface area contributed by atoms with Crippen molar-refractivity contribution in [3.05, 3.63) is 46.0 Å². The van der Waals surface area contributed by atoms with Gasteiger partial charge in [-0.3, -0.25) is 0 Å². The van der Waals surface area contributed by atoms with Crippen LogP contribution in [-0.2, 0) is 14.4 Å². The van der Waals surface area contributed by atoms with Crippen LogP contribution in [0.3, 0.4) is 0 Å². The number of oxime groups is 1. The van der Waals surface area contributed by atoms with Gasteiger partial charge in [-0.1, -0.05) is 34.5 Å². The number of rotatable bonds is 5. The van der Waals surface area contributed by atoms with Crippen molar-refractivity contribution in [1.29, 1.82) is 0 Å². The lowest BCUT2D eigenvalue weighted by molar-refractivity contribution is -0.137. The normalized spacial score (nSPS) is 16.8. The molecule has 4 nitrogen and oxygen atoms in total. The maximum Gasteiger partial charge on any atom is 0.330 e. The summed E-state index contributed by atoms with van der Waals surface area (Å²) in [5.41, 5.74) is 4.86. The highest BCUT2D eigenvalue weighted by Crippen LogP contribution is 2.36. The zero-order valence-electron chi connectivity index (χ0n) is 14.3. The molecule has 0 fully saturated rings. The second-order valence-corrected chi connectivity index (χ2v) is 5.93. The van der Waals surface area contributed by atoms with Crippen molar-refractivity contribution in [2.75, 3.05) is 13.7 Å². The molecule has 0 atom stereocenters. The summed E-state index contributed by atoms with van der Waals surface area (Å²) in [6, 6.07) is 5.64. The lowest BCUT2D eigenvalue weighted by Gasteiger charge is -2.22. The number of esters is 1. The Hall–Kier alpha value is -2.07. The maximum atomic E-state index is 11.6. The summed E-state index contributed by atoms with van der Waals surface area (Å²) in [4.78, 5) is 16.6. The Morgan fingerprint density at radius 3 is 2.88 bits per heavy atom. The third kappa shape index (κ3) is 4.26. The van der Waals surface area contributed by atoms with Crippen LogP contribution in [0, 0.1) is 0 Å². The minimum Gasteiger partial charge on any atom is -0.463 e. The van der Waals surface area contributed by atoms with E-state index in [1.165, 1.54) is 11.6 Å². The quantitative estimate of drug-likeness (QED) is 0.433. The Morgan fingerprint density at radius 1 is 1.38 bits per heavy atom. The number of benzene rings is 1. The van der Waals surface area contributed by atoms with Gasteiger partial charge in [0.1, 0.15) is 7.11 Å². The molecular formula is C19H22ClNO3. The molecule has 2 rings (SSSR count). The zero-order valence-corrected chi connectivity index (χ0v) is 15.0. The van der Waals surface area contributed by atoms with Gasteiger partial charge in [-0.2, -0.15) is 0 Å². The first-order valence-corrected chi connectivity index (χ1v) is 8.40. The van der Waals surface area contributed by atoms with Gasteiger partial charge in [-0.15, -0.1) is 0 Å². The zero-order chi connectivity index (χ0) is 17.5. The van der Waals surface area contributed by atoms with Crippen molar-refractivity contribution in [2.24, 2.45) is 5.16 Å². The van der Waals surface area contributed by atoms with Crippen LogP contribution < -0.4 is 0 Å². The van der Waals surface area contributed by atoms with Gasteiger partial charge >= 0.3 is 5.97 Å². The van der Waals surface area contributed by atoms with Crippen molar-refractivity contribution >= 4 is 34.9 Å². The standard InChI is InChI=1S/C19H22ClNO3/c1-4-24-17(22)12-11-14-8-6-9-15(20)19(14)18-13(2)7-5-10-16(18)21-23-3/h6,8-9,11-12H,4-5,7,10H2,1-3H3/b12-11+,21-16+. The Labute approximate surface area is 147 Å². The molecule has 0 amide bonds. The fraction of sp³-hybridized carbons (Fsp3) is 0.368. The topological polar surface area (TPSA) is 47.9 Å². The Morgan fingerprint density at radius 2 is 2.17 bits per heavy atom. The molecule has 1 aromatic carbocycles. The summed E-state index contributed by atoms with van der Waals surface area (Å²) >= 11 is 6.49. The first-order valence-electron chi connectivity index (χ1n) is 8.02. The molecule has 0 bridgehead atoms. The molecular weight excluding hydrogens is 326 g/mol. The van der Waals surface area contributed by atoms with Crippen LogP contribution in [0.25, 0.3) is 11.6 Å². The molecule has 0 heterocycles. The van der Waals surface area contributed by atoms with Crippen LogP contribution in [0.5, 0.6) is 0 Å². The van der Waals surface area contributed by atoms with E-state index < -0.39 is 0 Å². The highest BCUT2D eigenvalue weighted by Gasteiger charge is 2.22. The minimum atomic E-state index is -0.372. The number of carbonyl (C=O) groups excluding carboxylic acids is 1. The van der Waals surface area contributed by atoms with E-state index >= 15 is 0 Å². The Kier molecular flexibility index (Phi) is 6.62. The van der Waals surface area contributed by atoms with Crippen LogP contribution in [0.4, 0.5) is 0 Å². The lowest BCUT2D eigenvalue weighted by Crippen LogP contribution is -2.12. The summed E-state index contributed by atoms with van der Waals surface area (Å²) in [6.45, 7) is 4.21. The van der Waals surface area contributed by atoms with Gasteiger partial charge in [0.25, 0.3) is 0 Å². The predicted octanol–water partition coefficient (Wildman–Crippen LogP) is 4.88. The second-order valence-electron chi connectivity index (χ2n) is 5.52. The number of carbonyl (C=O) groups is 1. The molecule has 1 aromatic rings. The van der Waals surface area contributed by atoms with Gasteiger partial charge in [0, 0.05) is 22.2 Å².